The van der Waals surface area contributed by atoms with Crippen LogP contribution in [0.25, 0.3) is 0 Å². The van der Waals surface area contributed by atoms with Gasteiger partial charge in [-0.1, -0.05) is 23.2 Å². The van der Waals surface area contributed by atoms with Gasteiger partial charge < -0.3 is 9.80 Å². The topological polar surface area (TPSA) is 23.6 Å². The fraction of sp³-hybridized carbons (Fsp3) is 0.500. The zero-order chi connectivity index (χ0) is 13.4. The van der Waals surface area contributed by atoms with E-state index >= 15 is 0 Å². The molecule has 1 aliphatic heterocycles. The van der Waals surface area contributed by atoms with Gasteiger partial charge in [0, 0.05) is 37.8 Å². The molecular weight excluding hydrogens is 283 g/mol. The van der Waals surface area contributed by atoms with Crippen LogP contribution in [0.1, 0.15) is 12.8 Å². The fourth-order valence-electron chi connectivity index (χ4n) is 2.46. The molecule has 102 valence electrons. The molecule has 3 nitrogen and oxygen atoms in total. The van der Waals surface area contributed by atoms with Crippen molar-refractivity contribution >= 4 is 34.8 Å². The molecule has 0 radical (unpaired) electrons. The molecule has 2 fully saturated rings. The number of nitrogens with zero attached hydrogens (tertiary/aromatic N) is 2. The molecule has 1 aliphatic carbocycles. The Morgan fingerprint density at radius 2 is 1.74 bits per heavy atom. The van der Waals surface area contributed by atoms with E-state index in [-0.39, 0.29) is 0 Å². The summed E-state index contributed by atoms with van der Waals surface area (Å²) in [4.78, 5) is 16.2. The van der Waals surface area contributed by atoms with E-state index in [1.54, 1.807) is 0 Å². The molecule has 1 saturated heterocycles. The minimum Gasteiger partial charge on any atom is -0.368 e. The number of hydrogen-bond donors (Lipinski definition) is 0. The van der Waals surface area contributed by atoms with Gasteiger partial charge in [-0.2, -0.15) is 0 Å². The van der Waals surface area contributed by atoms with E-state index in [0.717, 1.165) is 44.7 Å². The Morgan fingerprint density at radius 1 is 1.05 bits per heavy atom. The van der Waals surface area contributed by atoms with Crippen molar-refractivity contribution in [3.8, 4) is 0 Å². The summed E-state index contributed by atoms with van der Waals surface area (Å²) in [6.45, 7) is 3.32. The Morgan fingerprint density at radius 3 is 2.32 bits per heavy atom. The lowest BCUT2D eigenvalue weighted by atomic mass is 10.2. The SMILES string of the molecule is O=C(C1CC1)N1CCN(c2ccc(Cl)c(Cl)c2)CC1. The first-order valence-corrected chi connectivity index (χ1v) is 7.39. The van der Waals surface area contributed by atoms with Gasteiger partial charge in [0.15, 0.2) is 0 Å². The largest absolute Gasteiger partial charge is 0.368 e. The molecule has 0 bridgehead atoms. The van der Waals surface area contributed by atoms with Crippen molar-refractivity contribution in [3.63, 3.8) is 0 Å². The minimum atomic E-state index is 0.316. The predicted octanol–water partition coefficient (Wildman–Crippen LogP) is 3.05. The summed E-state index contributed by atoms with van der Waals surface area (Å²) in [6, 6.07) is 5.69. The van der Waals surface area contributed by atoms with Crippen molar-refractivity contribution in [2.75, 3.05) is 31.1 Å². The van der Waals surface area contributed by atoms with E-state index in [0.29, 0.717) is 21.9 Å². The highest BCUT2D eigenvalue weighted by molar-refractivity contribution is 6.42. The van der Waals surface area contributed by atoms with Crippen molar-refractivity contribution in [1.82, 2.24) is 4.90 Å². The second-order valence-corrected chi connectivity index (χ2v) is 6.00. The molecule has 0 atom stereocenters. The van der Waals surface area contributed by atoms with Crippen LogP contribution >= 0.6 is 23.2 Å². The Hall–Kier alpha value is -0.930. The molecule has 0 N–H and O–H groups in total. The van der Waals surface area contributed by atoms with Gasteiger partial charge in [0.05, 0.1) is 10.0 Å². The van der Waals surface area contributed by atoms with Crippen molar-refractivity contribution in [1.29, 1.82) is 0 Å². The average molecular weight is 299 g/mol. The molecule has 3 rings (SSSR count). The van der Waals surface area contributed by atoms with Crippen LogP contribution in [0.2, 0.25) is 10.0 Å². The third-order valence-corrected chi connectivity index (χ3v) is 4.53. The zero-order valence-corrected chi connectivity index (χ0v) is 12.1. The van der Waals surface area contributed by atoms with Gasteiger partial charge in [-0.25, -0.2) is 0 Å². The van der Waals surface area contributed by atoms with E-state index in [2.05, 4.69) is 4.90 Å². The molecule has 0 aromatic heterocycles. The normalized spacial score (nSPS) is 19.7. The molecule has 1 saturated carbocycles. The van der Waals surface area contributed by atoms with Crippen LogP contribution in [0, 0.1) is 5.92 Å². The standard InChI is InChI=1S/C14H16Cl2N2O/c15-12-4-3-11(9-13(12)16)17-5-7-18(8-6-17)14(19)10-1-2-10/h3-4,9-10H,1-2,5-8H2. The molecular formula is C14H16Cl2N2O. The maximum atomic E-state index is 12.0. The second kappa shape index (κ2) is 5.22. The van der Waals surface area contributed by atoms with E-state index in [4.69, 9.17) is 23.2 Å². The first-order valence-electron chi connectivity index (χ1n) is 6.64. The third kappa shape index (κ3) is 2.82. The molecule has 0 unspecified atom stereocenters. The zero-order valence-electron chi connectivity index (χ0n) is 10.6. The quantitative estimate of drug-likeness (QED) is 0.838. The molecule has 5 heteroatoms. The van der Waals surface area contributed by atoms with Crippen molar-refractivity contribution in [2.45, 2.75) is 12.8 Å². The van der Waals surface area contributed by atoms with Gasteiger partial charge in [-0.15, -0.1) is 0 Å². The molecule has 1 aromatic rings. The Labute approximate surface area is 123 Å². The van der Waals surface area contributed by atoms with Crippen molar-refractivity contribution in [3.05, 3.63) is 28.2 Å². The maximum Gasteiger partial charge on any atom is 0.225 e. The van der Waals surface area contributed by atoms with Gasteiger partial charge in [0.25, 0.3) is 0 Å². The average Bonchev–Trinajstić information content (AvgIpc) is 3.26. The fourth-order valence-corrected chi connectivity index (χ4v) is 2.75. The maximum absolute atomic E-state index is 12.0. The Bertz CT molecular complexity index is 494. The summed E-state index contributed by atoms with van der Waals surface area (Å²) in [6.07, 6.45) is 2.15. The van der Waals surface area contributed by atoms with Crippen LogP contribution in [-0.2, 0) is 4.79 Å². The summed E-state index contributed by atoms with van der Waals surface area (Å²) in [5, 5.41) is 1.16. The molecule has 19 heavy (non-hydrogen) atoms. The highest BCUT2D eigenvalue weighted by Gasteiger charge is 2.34. The number of rotatable bonds is 2. The second-order valence-electron chi connectivity index (χ2n) is 5.19. The minimum absolute atomic E-state index is 0.316. The van der Waals surface area contributed by atoms with Gasteiger partial charge in [-0.3, -0.25) is 4.79 Å². The predicted molar refractivity (Wildman–Crippen MR) is 78.0 cm³/mol. The lowest BCUT2D eigenvalue weighted by Crippen LogP contribution is -2.49. The van der Waals surface area contributed by atoms with Crippen LogP contribution in [-0.4, -0.2) is 37.0 Å². The lowest BCUT2D eigenvalue weighted by Gasteiger charge is -2.36. The molecule has 1 heterocycles. The van der Waals surface area contributed by atoms with Gasteiger partial charge in [-0.05, 0) is 31.0 Å². The molecule has 2 aliphatic rings. The number of carbonyl (C=O) groups is 1. The molecule has 1 aromatic carbocycles. The van der Waals surface area contributed by atoms with Crippen molar-refractivity contribution < 1.29 is 4.79 Å². The Kier molecular flexibility index (Phi) is 3.59. The number of halogens is 2. The number of amides is 1. The third-order valence-electron chi connectivity index (χ3n) is 3.79. The van der Waals surface area contributed by atoms with Gasteiger partial charge in [0.2, 0.25) is 5.91 Å². The van der Waals surface area contributed by atoms with Crippen LogP contribution in [0.3, 0.4) is 0 Å². The van der Waals surface area contributed by atoms with E-state index < -0.39 is 0 Å². The highest BCUT2D eigenvalue weighted by Crippen LogP contribution is 2.32. The first-order chi connectivity index (χ1) is 9.15. The Balaban J connectivity index is 1.62. The smallest absolute Gasteiger partial charge is 0.225 e. The number of carbonyl (C=O) groups excluding carboxylic acids is 1. The number of hydrogen-bond acceptors (Lipinski definition) is 2. The summed E-state index contributed by atoms with van der Waals surface area (Å²) in [7, 11) is 0. The van der Waals surface area contributed by atoms with E-state index in [1.807, 2.05) is 23.1 Å². The van der Waals surface area contributed by atoms with E-state index in [9.17, 15) is 4.79 Å². The van der Waals surface area contributed by atoms with Crippen LogP contribution < -0.4 is 4.90 Å². The molecule has 0 spiro atoms. The van der Waals surface area contributed by atoms with Crippen molar-refractivity contribution in [2.24, 2.45) is 5.92 Å². The number of benzene rings is 1. The van der Waals surface area contributed by atoms with Gasteiger partial charge >= 0.3 is 0 Å². The van der Waals surface area contributed by atoms with Crippen LogP contribution in [0.15, 0.2) is 18.2 Å². The summed E-state index contributed by atoms with van der Waals surface area (Å²) >= 11 is 12.0. The number of anilines is 1. The first kappa shape index (κ1) is 13.1. The number of piperazine rings is 1. The summed E-state index contributed by atoms with van der Waals surface area (Å²) in [5.74, 6) is 0.658. The van der Waals surface area contributed by atoms with Gasteiger partial charge in [0.1, 0.15) is 0 Å². The highest BCUT2D eigenvalue weighted by atomic mass is 35.5. The lowest BCUT2D eigenvalue weighted by molar-refractivity contribution is -0.132. The van der Waals surface area contributed by atoms with Crippen LogP contribution in [0.5, 0.6) is 0 Å². The van der Waals surface area contributed by atoms with Crippen LogP contribution in [0.4, 0.5) is 5.69 Å². The molecule has 1 amide bonds. The van der Waals surface area contributed by atoms with E-state index in [1.165, 1.54) is 0 Å². The summed E-state index contributed by atoms with van der Waals surface area (Å²) in [5.41, 5.74) is 1.08. The monoisotopic (exact) mass is 298 g/mol. The summed E-state index contributed by atoms with van der Waals surface area (Å²) < 4.78 is 0.